The maximum absolute atomic E-state index is 12.8. The maximum Gasteiger partial charge on any atom is 0.243 e. The molecule has 6 nitrogen and oxygen atoms in total. The van der Waals surface area contributed by atoms with Gasteiger partial charge in [-0.05, 0) is 35.7 Å². The monoisotopic (exact) mass is 342 g/mol. The van der Waals surface area contributed by atoms with Gasteiger partial charge >= 0.3 is 0 Å². The number of rotatable bonds is 4. The van der Waals surface area contributed by atoms with Gasteiger partial charge in [-0.15, -0.1) is 0 Å². The Bertz CT molecular complexity index is 844. The van der Waals surface area contributed by atoms with Crippen molar-refractivity contribution in [1.82, 2.24) is 14.2 Å². The highest BCUT2D eigenvalue weighted by Crippen LogP contribution is 2.24. The molecule has 0 radical (unpaired) electrons. The van der Waals surface area contributed by atoms with Crippen molar-refractivity contribution in [3.63, 3.8) is 0 Å². The molecular weight excluding hydrogens is 324 g/mol. The van der Waals surface area contributed by atoms with Crippen molar-refractivity contribution in [2.24, 2.45) is 0 Å². The predicted octanol–water partition coefficient (Wildman–Crippen LogP) is 1.92. The van der Waals surface area contributed by atoms with E-state index < -0.39 is 10.0 Å². The van der Waals surface area contributed by atoms with E-state index in [1.807, 2.05) is 12.1 Å². The lowest BCUT2D eigenvalue weighted by Crippen LogP contribution is -2.38. The number of benzene rings is 1. The summed E-state index contributed by atoms with van der Waals surface area (Å²) in [5.41, 5.74) is 1.86. The van der Waals surface area contributed by atoms with Crippen molar-refractivity contribution in [3.8, 4) is 17.3 Å². The fourth-order valence-electron chi connectivity index (χ4n) is 2.84. The Morgan fingerprint density at radius 1 is 1.25 bits per heavy atom. The van der Waals surface area contributed by atoms with Gasteiger partial charge in [-0.25, -0.2) is 8.42 Å². The Balaban J connectivity index is 1.81. The van der Waals surface area contributed by atoms with Gasteiger partial charge in [0.05, 0.1) is 4.90 Å². The summed E-state index contributed by atoms with van der Waals surface area (Å²) in [5.74, 6) is 0. The first-order valence-electron chi connectivity index (χ1n) is 7.65. The van der Waals surface area contributed by atoms with Crippen LogP contribution in [0.4, 0.5) is 0 Å². The van der Waals surface area contributed by atoms with Gasteiger partial charge in [-0.1, -0.05) is 18.2 Å². The molecule has 0 saturated carbocycles. The minimum Gasteiger partial charge on any atom is -0.309 e. The Morgan fingerprint density at radius 3 is 2.58 bits per heavy atom. The number of nitrogens with zero attached hydrogens (tertiary/aromatic N) is 4. The van der Waals surface area contributed by atoms with Crippen LogP contribution in [0.25, 0.3) is 11.1 Å². The second-order valence-corrected chi connectivity index (χ2v) is 7.77. The van der Waals surface area contributed by atoms with Crippen LogP contribution in [0.15, 0.2) is 53.7 Å². The fraction of sp³-hybridized carbons (Fsp3) is 0.294. The molecule has 2 aromatic rings. The molecule has 0 amide bonds. The van der Waals surface area contributed by atoms with E-state index in [1.165, 1.54) is 4.31 Å². The maximum atomic E-state index is 12.8. The van der Waals surface area contributed by atoms with Gasteiger partial charge < -0.3 is 4.90 Å². The molecule has 24 heavy (non-hydrogen) atoms. The summed E-state index contributed by atoms with van der Waals surface area (Å²) in [5, 5.41) is 8.93. The van der Waals surface area contributed by atoms with Crippen molar-refractivity contribution in [1.29, 1.82) is 5.26 Å². The molecule has 124 valence electrons. The van der Waals surface area contributed by atoms with Crippen LogP contribution in [-0.4, -0.2) is 48.8 Å². The van der Waals surface area contributed by atoms with Crippen LogP contribution in [0.3, 0.4) is 0 Å². The third-order valence-electron chi connectivity index (χ3n) is 4.35. The van der Waals surface area contributed by atoms with E-state index in [9.17, 15) is 8.42 Å². The number of hydrogen-bond acceptors (Lipinski definition) is 5. The lowest BCUT2D eigenvalue weighted by Gasteiger charge is -2.23. The third kappa shape index (κ3) is 3.11. The summed E-state index contributed by atoms with van der Waals surface area (Å²) in [6, 6.07) is 10.4. The lowest BCUT2D eigenvalue weighted by molar-refractivity contribution is 0.365. The van der Waals surface area contributed by atoms with Crippen molar-refractivity contribution in [2.45, 2.75) is 17.4 Å². The fourth-order valence-corrected chi connectivity index (χ4v) is 4.22. The summed E-state index contributed by atoms with van der Waals surface area (Å²) in [7, 11) is -1.99. The molecule has 1 aliphatic rings. The first-order valence-corrected chi connectivity index (χ1v) is 9.09. The van der Waals surface area contributed by atoms with Crippen LogP contribution in [0, 0.1) is 11.5 Å². The van der Waals surface area contributed by atoms with Crippen LogP contribution >= 0.6 is 0 Å². The summed E-state index contributed by atoms with van der Waals surface area (Å²) < 4.78 is 26.9. The number of pyridine rings is 1. The molecule has 1 aromatic carbocycles. The predicted molar refractivity (Wildman–Crippen MR) is 90.2 cm³/mol. The van der Waals surface area contributed by atoms with Crippen molar-refractivity contribution < 1.29 is 8.42 Å². The largest absolute Gasteiger partial charge is 0.309 e. The second kappa shape index (κ2) is 6.59. The summed E-state index contributed by atoms with van der Waals surface area (Å²) in [6.45, 7) is 1.04. The van der Waals surface area contributed by atoms with Gasteiger partial charge in [0, 0.05) is 38.6 Å². The van der Waals surface area contributed by atoms with Gasteiger partial charge in [-0.2, -0.15) is 9.57 Å². The van der Waals surface area contributed by atoms with Crippen LogP contribution in [-0.2, 0) is 10.0 Å². The Labute approximate surface area is 142 Å². The summed E-state index contributed by atoms with van der Waals surface area (Å²) in [4.78, 5) is 5.91. The van der Waals surface area contributed by atoms with E-state index >= 15 is 0 Å². The standard InChI is InChI=1S/C17H18N4O2S/c1-20(16-8-10-21(12-16)13-18)24(22,23)17-6-4-14(5-7-17)15-3-2-9-19-11-15/h2-7,9,11,16H,8,10,12H2,1H3. The van der Waals surface area contributed by atoms with Gasteiger partial charge in [0.1, 0.15) is 0 Å². The topological polar surface area (TPSA) is 77.3 Å². The van der Waals surface area contributed by atoms with E-state index in [0.29, 0.717) is 19.5 Å². The molecule has 1 fully saturated rings. The average Bonchev–Trinajstić information content (AvgIpc) is 3.11. The van der Waals surface area contributed by atoms with Crippen LogP contribution in [0.2, 0.25) is 0 Å². The Hall–Kier alpha value is -2.43. The molecule has 1 aliphatic heterocycles. The summed E-state index contributed by atoms with van der Waals surface area (Å²) in [6.07, 6.45) is 6.17. The smallest absolute Gasteiger partial charge is 0.243 e. The van der Waals surface area contributed by atoms with Crippen molar-refractivity contribution >= 4 is 10.0 Å². The van der Waals surface area contributed by atoms with Crippen LogP contribution in [0.5, 0.6) is 0 Å². The molecule has 1 aromatic heterocycles. The summed E-state index contributed by atoms with van der Waals surface area (Å²) >= 11 is 0. The quantitative estimate of drug-likeness (QED) is 0.794. The molecule has 7 heteroatoms. The van der Waals surface area contributed by atoms with Crippen molar-refractivity contribution in [2.75, 3.05) is 20.1 Å². The second-order valence-electron chi connectivity index (χ2n) is 5.78. The zero-order valence-corrected chi connectivity index (χ0v) is 14.1. The van der Waals surface area contributed by atoms with Crippen LogP contribution < -0.4 is 0 Å². The van der Waals surface area contributed by atoms with E-state index in [4.69, 9.17) is 5.26 Å². The van der Waals surface area contributed by atoms with Gasteiger partial charge in [-0.3, -0.25) is 4.98 Å². The number of hydrogen-bond donors (Lipinski definition) is 0. The van der Waals surface area contributed by atoms with Gasteiger partial charge in [0.2, 0.25) is 10.0 Å². The minimum atomic E-state index is -3.57. The zero-order valence-electron chi connectivity index (χ0n) is 13.3. The molecule has 0 aliphatic carbocycles. The van der Waals surface area contributed by atoms with E-state index in [-0.39, 0.29) is 10.9 Å². The molecule has 2 heterocycles. The van der Waals surface area contributed by atoms with E-state index in [0.717, 1.165) is 11.1 Å². The lowest BCUT2D eigenvalue weighted by atomic mass is 10.1. The minimum absolute atomic E-state index is 0.173. The number of sulfonamides is 1. The number of nitriles is 1. The third-order valence-corrected chi connectivity index (χ3v) is 6.27. The highest BCUT2D eigenvalue weighted by molar-refractivity contribution is 7.89. The van der Waals surface area contributed by atoms with Gasteiger partial charge in [0.15, 0.2) is 6.19 Å². The highest BCUT2D eigenvalue weighted by Gasteiger charge is 2.32. The van der Waals surface area contributed by atoms with E-state index in [1.54, 1.807) is 48.6 Å². The normalized spacial score (nSPS) is 17.9. The van der Waals surface area contributed by atoms with Crippen molar-refractivity contribution in [3.05, 3.63) is 48.8 Å². The molecule has 0 spiro atoms. The molecule has 1 saturated heterocycles. The van der Waals surface area contributed by atoms with E-state index in [2.05, 4.69) is 11.2 Å². The molecule has 3 rings (SSSR count). The Kier molecular flexibility index (Phi) is 4.51. The molecule has 1 unspecified atom stereocenters. The molecule has 0 bridgehead atoms. The SMILES string of the molecule is CN(C1CCN(C#N)C1)S(=O)(=O)c1ccc(-c2cccnc2)cc1. The van der Waals surface area contributed by atoms with Crippen LogP contribution in [0.1, 0.15) is 6.42 Å². The number of likely N-dealkylation sites (tertiary alicyclic amines) is 1. The number of likely N-dealkylation sites (N-methyl/N-ethyl adjacent to an activating group) is 1. The molecule has 0 N–H and O–H groups in total. The molecular formula is C17H18N4O2S. The first-order chi connectivity index (χ1) is 11.5. The molecule has 1 atom stereocenters. The number of aromatic nitrogens is 1. The highest BCUT2D eigenvalue weighted by atomic mass is 32.2. The zero-order chi connectivity index (χ0) is 17.2. The average molecular weight is 342 g/mol. The van der Waals surface area contributed by atoms with Gasteiger partial charge in [0.25, 0.3) is 0 Å². The Morgan fingerprint density at radius 2 is 2.00 bits per heavy atom. The first kappa shape index (κ1) is 16.4.